The van der Waals surface area contributed by atoms with Gasteiger partial charge in [0.05, 0.1) is 5.54 Å². The highest BCUT2D eigenvalue weighted by atomic mass is 28.3. The van der Waals surface area contributed by atoms with Gasteiger partial charge < -0.3 is 14.7 Å². The summed E-state index contributed by atoms with van der Waals surface area (Å²) < 4.78 is 0. The number of nitrogens with zero attached hydrogens (tertiary/aromatic N) is 3. The standard InChI is InChI=1S/C54H50BN3Si/c1-35-28-44-51-48(30-35)59(5,6)49-31-36(2)29-45-52(49)55(51)50-46(56(44)39-20-12-8-13-21-39)33-41(34-47(50)57(45)40-22-14-9-15-23-40)58-43-25-24-38(37-18-10-7-11-19-37)32-42(43)53(3)26-16-17-27-54(53,58)4/h7-15,18-25,28-34H,16-17,26-27H2,1-6H3. The Labute approximate surface area is 351 Å². The van der Waals surface area contributed by atoms with E-state index in [1.807, 2.05) is 0 Å². The van der Waals surface area contributed by atoms with Crippen molar-refractivity contribution in [2.24, 2.45) is 0 Å². The van der Waals surface area contributed by atoms with Crippen LogP contribution in [0.5, 0.6) is 0 Å². The van der Waals surface area contributed by atoms with Crippen molar-refractivity contribution in [2.75, 3.05) is 14.7 Å². The number of aryl methyl sites for hydroxylation is 2. The van der Waals surface area contributed by atoms with Crippen molar-refractivity contribution in [1.29, 1.82) is 0 Å². The molecule has 0 saturated heterocycles. The number of rotatable bonds is 4. The maximum absolute atomic E-state index is 2.80. The van der Waals surface area contributed by atoms with Gasteiger partial charge in [0, 0.05) is 50.9 Å². The molecule has 4 heterocycles. The van der Waals surface area contributed by atoms with E-state index in [-0.39, 0.29) is 17.7 Å². The van der Waals surface area contributed by atoms with Gasteiger partial charge in [-0.3, -0.25) is 0 Å². The molecule has 12 rings (SSSR count). The van der Waals surface area contributed by atoms with Gasteiger partial charge in [0.1, 0.15) is 8.07 Å². The van der Waals surface area contributed by atoms with Gasteiger partial charge in [-0.05, 0) is 138 Å². The van der Waals surface area contributed by atoms with E-state index in [1.165, 1.54) is 109 Å². The Morgan fingerprint density at radius 1 is 0.492 bits per heavy atom. The lowest BCUT2D eigenvalue weighted by Gasteiger charge is -2.52. The first kappa shape index (κ1) is 35.2. The lowest BCUT2D eigenvalue weighted by Crippen LogP contribution is -2.79. The number of benzene rings is 7. The normalized spacial score (nSPS) is 21.3. The molecule has 2 unspecified atom stereocenters. The second kappa shape index (κ2) is 12.1. The summed E-state index contributed by atoms with van der Waals surface area (Å²) in [5.41, 5.74) is 21.5. The molecule has 1 fully saturated rings. The zero-order valence-corrected chi connectivity index (χ0v) is 36.1. The van der Waals surface area contributed by atoms with Crippen LogP contribution in [0.1, 0.15) is 56.2 Å². The summed E-state index contributed by atoms with van der Waals surface area (Å²) in [6.45, 7) is 15.1. The average Bonchev–Trinajstić information content (AvgIpc) is 3.45. The molecule has 0 spiro atoms. The molecule has 0 amide bonds. The molecule has 5 aliphatic rings. The quantitative estimate of drug-likeness (QED) is 0.165. The number of hydrogen-bond donors (Lipinski definition) is 0. The Morgan fingerprint density at radius 3 is 1.56 bits per heavy atom. The minimum atomic E-state index is -2.14. The number of para-hydroxylation sites is 2. The predicted molar refractivity (Wildman–Crippen MR) is 255 cm³/mol. The van der Waals surface area contributed by atoms with Gasteiger partial charge >= 0.3 is 0 Å². The lowest BCUT2D eigenvalue weighted by molar-refractivity contribution is 0.195. The Morgan fingerprint density at radius 2 is 1.00 bits per heavy atom. The third-order valence-electron chi connectivity index (χ3n) is 15.4. The molecular formula is C54H50BN3Si. The molecule has 0 radical (unpaired) electrons. The molecule has 288 valence electrons. The maximum Gasteiger partial charge on any atom is 0.251 e. The van der Waals surface area contributed by atoms with Gasteiger partial charge in [0.2, 0.25) is 0 Å². The molecule has 7 aromatic rings. The molecule has 59 heavy (non-hydrogen) atoms. The lowest BCUT2D eigenvalue weighted by atomic mass is 9.33. The summed E-state index contributed by atoms with van der Waals surface area (Å²) in [5.74, 6) is 0. The first-order chi connectivity index (χ1) is 28.6. The van der Waals surface area contributed by atoms with E-state index in [1.54, 1.807) is 10.4 Å². The highest BCUT2D eigenvalue weighted by Crippen LogP contribution is 2.62. The molecule has 7 aromatic carbocycles. The van der Waals surface area contributed by atoms with Crippen LogP contribution in [0, 0.1) is 13.8 Å². The first-order valence-electron chi connectivity index (χ1n) is 21.8. The third kappa shape index (κ3) is 4.60. The highest BCUT2D eigenvalue weighted by molar-refractivity contribution is 7.16. The summed E-state index contributed by atoms with van der Waals surface area (Å²) >= 11 is 0. The summed E-state index contributed by atoms with van der Waals surface area (Å²) in [6.07, 6.45) is 4.82. The molecule has 0 N–H and O–H groups in total. The largest absolute Gasteiger partial charge is 0.334 e. The van der Waals surface area contributed by atoms with Crippen LogP contribution in [-0.4, -0.2) is 20.3 Å². The summed E-state index contributed by atoms with van der Waals surface area (Å²) in [5, 5.41) is 3.17. The van der Waals surface area contributed by atoms with Crippen LogP contribution in [-0.2, 0) is 5.41 Å². The summed E-state index contributed by atoms with van der Waals surface area (Å²) in [6, 6.07) is 56.0. The van der Waals surface area contributed by atoms with Gasteiger partial charge in [-0.25, -0.2) is 0 Å². The van der Waals surface area contributed by atoms with E-state index in [0.717, 1.165) is 6.42 Å². The molecule has 0 aromatic heterocycles. The van der Waals surface area contributed by atoms with Crippen LogP contribution in [0.4, 0.5) is 45.5 Å². The molecule has 1 aliphatic carbocycles. The fraction of sp³-hybridized carbons (Fsp3) is 0.222. The van der Waals surface area contributed by atoms with E-state index >= 15 is 0 Å². The Hall–Kier alpha value is -5.78. The van der Waals surface area contributed by atoms with Crippen LogP contribution in [0.2, 0.25) is 13.1 Å². The van der Waals surface area contributed by atoms with E-state index in [0.29, 0.717) is 0 Å². The molecule has 4 aliphatic heterocycles. The van der Waals surface area contributed by atoms with Crippen LogP contribution < -0.4 is 41.5 Å². The van der Waals surface area contributed by atoms with Crippen molar-refractivity contribution in [3.05, 3.63) is 162 Å². The topological polar surface area (TPSA) is 9.72 Å². The maximum atomic E-state index is 2.80. The van der Waals surface area contributed by atoms with Crippen LogP contribution >= 0.6 is 0 Å². The van der Waals surface area contributed by atoms with Gasteiger partial charge in [0.25, 0.3) is 6.71 Å². The van der Waals surface area contributed by atoms with Crippen LogP contribution in [0.25, 0.3) is 11.1 Å². The molecular weight excluding hydrogens is 730 g/mol. The fourth-order valence-electron chi connectivity index (χ4n) is 12.5. The van der Waals surface area contributed by atoms with Gasteiger partial charge in [-0.1, -0.05) is 128 Å². The zero-order valence-electron chi connectivity index (χ0n) is 35.1. The number of hydrogen-bond acceptors (Lipinski definition) is 3. The minimum absolute atomic E-state index is 0.00640. The SMILES string of the molecule is Cc1cc2c3c(c1)[Si](C)(C)c1cc(C)cc4c1B3c1c(cc(N3c5ccc(-c6ccccc6)cc5C5(C)CCCCC35C)cc1N4c1ccccc1)N2c1ccccc1. The predicted octanol–water partition coefficient (Wildman–Crippen LogP) is 10.9. The second-order valence-corrected chi connectivity index (χ2v) is 23.4. The number of anilines is 8. The summed E-state index contributed by atoms with van der Waals surface area (Å²) in [4.78, 5) is 8.07. The summed E-state index contributed by atoms with van der Waals surface area (Å²) in [7, 11) is -2.14. The minimum Gasteiger partial charge on any atom is -0.334 e. The van der Waals surface area contributed by atoms with Crippen LogP contribution in [0.3, 0.4) is 0 Å². The Kier molecular flexibility index (Phi) is 7.24. The third-order valence-corrected chi connectivity index (χ3v) is 18.9. The van der Waals surface area contributed by atoms with E-state index < -0.39 is 8.07 Å². The van der Waals surface area contributed by atoms with Crippen molar-refractivity contribution < 1.29 is 0 Å². The Balaban J connectivity index is 1.20. The van der Waals surface area contributed by atoms with Crippen molar-refractivity contribution in [1.82, 2.24) is 0 Å². The molecule has 2 atom stereocenters. The van der Waals surface area contributed by atoms with Crippen molar-refractivity contribution in [3.8, 4) is 11.1 Å². The molecule has 1 saturated carbocycles. The average molecular weight is 780 g/mol. The van der Waals surface area contributed by atoms with Crippen molar-refractivity contribution in [2.45, 2.75) is 77.4 Å². The second-order valence-electron chi connectivity index (χ2n) is 19.0. The van der Waals surface area contributed by atoms with Gasteiger partial charge in [0.15, 0.2) is 0 Å². The van der Waals surface area contributed by atoms with Crippen molar-refractivity contribution in [3.63, 3.8) is 0 Å². The van der Waals surface area contributed by atoms with Crippen molar-refractivity contribution >= 4 is 87.0 Å². The fourth-order valence-corrected chi connectivity index (χ4v) is 15.8. The van der Waals surface area contributed by atoms with E-state index in [4.69, 9.17) is 0 Å². The number of fused-ring (bicyclic) bond motifs is 3. The van der Waals surface area contributed by atoms with Crippen LogP contribution in [0.15, 0.2) is 146 Å². The smallest absolute Gasteiger partial charge is 0.251 e. The highest BCUT2D eigenvalue weighted by Gasteiger charge is 2.59. The van der Waals surface area contributed by atoms with Gasteiger partial charge in [-0.2, -0.15) is 0 Å². The van der Waals surface area contributed by atoms with Gasteiger partial charge in [-0.15, -0.1) is 0 Å². The molecule has 0 bridgehead atoms. The molecule has 3 nitrogen and oxygen atoms in total. The first-order valence-corrected chi connectivity index (χ1v) is 24.8. The zero-order chi connectivity index (χ0) is 40.0. The molecule has 5 heteroatoms. The van der Waals surface area contributed by atoms with E-state index in [9.17, 15) is 0 Å². The Bertz CT molecular complexity index is 2760. The van der Waals surface area contributed by atoms with E-state index in [2.05, 4.69) is 201 Å². The monoisotopic (exact) mass is 779 g/mol.